The predicted molar refractivity (Wildman–Crippen MR) is 76.3 cm³/mol. The maximum atomic E-state index is 13.2. The summed E-state index contributed by atoms with van der Waals surface area (Å²) < 4.78 is 44.5. The van der Waals surface area contributed by atoms with Gasteiger partial charge in [-0.25, -0.2) is 5.01 Å². The molecule has 0 fully saturated rings. The fraction of sp³-hybridized carbons (Fsp3) is 0.357. The second-order valence-corrected chi connectivity index (χ2v) is 5.33. The quantitative estimate of drug-likeness (QED) is 0.875. The molecule has 5 nitrogen and oxygen atoms in total. The lowest BCUT2D eigenvalue weighted by Crippen LogP contribution is -2.60. The molecule has 0 saturated heterocycles. The number of hydrazine groups is 1. The van der Waals surface area contributed by atoms with Crippen LogP contribution in [0, 0.1) is 0 Å². The molecule has 9 heteroatoms. The third-order valence-corrected chi connectivity index (χ3v) is 3.51. The Morgan fingerprint density at radius 2 is 2.00 bits per heavy atom. The van der Waals surface area contributed by atoms with Gasteiger partial charge in [-0.1, -0.05) is 11.6 Å². The standard InChI is InChI=1S/C14H14ClF3N2O3/c1-23-7-6-11-8-13(22,14(16,17)18)20(19-11)12(21)9-2-4-10(15)5-3-9/h2-5,8,19,22H,6-7H2,1H3/t13-/m1/s1. The minimum absolute atomic E-state index is 0.0361. The summed E-state index contributed by atoms with van der Waals surface area (Å²) in [5.74, 6) is -1.04. The van der Waals surface area contributed by atoms with E-state index in [1.165, 1.54) is 31.4 Å². The van der Waals surface area contributed by atoms with Crippen molar-refractivity contribution in [2.75, 3.05) is 13.7 Å². The van der Waals surface area contributed by atoms with Crippen LogP contribution in [0.1, 0.15) is 16.8 Å². The Kier molecular flexibility index (Phi) is 4.88. The van der Waals surface area contributed by atoms with Gasteiger partial charge >= 0.3 is 6.18 Å². The first kappa shape index (κ1) is 17.6. The fourth-order valence-electron chi connectivity index (χ4n) is 2.04. The molecule has 0 aromatic heterocycles. The molecule has 1 aromatic carbocycles. The second kappa shape index (κ2) is 6.38. The third-order valence-electron chi connectivity index (χ3n) is 3.26. The molecule has 23 heavy (non-hydrogen) atoms. The van der Waals surface area contributed by atoms with Gasteiger partial charge in [-0.05, 0) is 30.3 Å². The maximum Gasteiger partial charge on any atom is 0.442 e. The summed E-state index contributed by atoms with van der Waals surface area (Å²) in [6.07, 6.45) is -4.42. The first-order chi connectivity index (χ1) is 10.7. The Bertz CT molecular complexity index is 619. The molecule has 126 valence electrons. The van der Waals surface area contributed by atoms with Crippen molar-refractivity contribution in [2.24, 2.45) is 0 Å². The van der Waals surface area contributed by atoms with Gasteiger partial charge in [0.05, 0.1) is 6.61 Å². The highest BCUT2D eigenvalue weighted by Crippen LogP contribution is 2.38. The summed E-state index contributed by atoms with van der Waals surface area (Å²) in [5, 5.41) is 10.5. The van der Waals surface area contributed by atoms with E-state index in [-0.39, 0.29) is 29.3 Å². The van der Waals surface area contributed by atoms with Crippen molar-refractivity contribution >= 4 is 17.5 Å². The monoisotopic (exact) mass is 350 g/mol. The van der Waals surface area contributed by atoms with Gasteiger partial charge in [0, 0.05) is 29.8 Å². The van der Waals surface area contributed by atoms with Crippen molar-refractivity contribution in [2.45, 2.75) is 18.3 Å². The zero-order valence-corrected chi connectivity index (χ0v) is 12.8. The van der Waals surface area contributed by atoms with Crippen molar-refractivity contribution in [3.63, 3.8) is 0 Å². The molecule has 2 rings (SSSR count). The van der Waals surface area contributed by atoms with Crippen LogP contribution in [-0.2, 0) is 4.74 Å². The van der Waals surface area contributed by atoms with Crippen LogP contribution in [0.15, 0.2) is 36.0 Å². The summed E-state index contributed by atoms with van der Waals surface area (Å²) in [4.78, 5) is 12.3. The minimum atomic E-state index is -5.07. The van der Waals surface area contributed by atoms with Crippen molar-refractivity contribution in [3.8, 4) is 0 Å². The van der Waals surface area contributed by atoms with Gasteiger partial charge in [0.2, 0.25) is 0 Å². The molecule has 0 bridgehead atoms. The van der Waals surface area contributed by atoms with Crippen LogP contribution in [0.25, 0.3) is 0 Å². The van der Waals surface area contributed by atoms with Crippen LogP contribution in [0.5, 0.6) is 0 Å². The molecule has 2 N–H and O–H groups in total. The van der Waals surface area contributed by atoms with Crippen LogP contribution in [0.3, 0.4) is 0 Å². The summed E-state index contributed by atoms with van der Waals surface area (Å²) in [5.41, 5.74) is -1.15. The molecular formula is C14H14ClF3N2O3. The molecule has 1 atom stereocenters. The van der Waals surface area contributed by atoms with E-state index in [1.54, 1.807) is 0 Å². The van der Waals surface area contributed by atoms with Crippen molar-refractivity contribution < 1.29 is 27.8 Å². The molecule has 0 aliphatic carbocycles. The van der Waals surface area contributed by atoms with Gasteiger partial charge in [-0.15, -0.1) is 0 Å². The number of methoxy groups -OCH3 is 1. The number of nitrogens with one attached hydrogen (secondary N) is 1. The van der Waals surface area contributed by atoms with E-state index in [0.29, 0.717) is 11.1 Å². The smallest absolute Gasteiger partial charge is 0.384 e. The van der Waals surface area contributed by atoms with E-state index in [1.807, 2.05) is 0 Å². The number of amides is 1. The zero-order chi connectivity index (χ0) is 17.3. The average Bonchev–Trinajstić information content (AvgIpc) is 2.83. The molecule has 0 spiro atoms. The number of halogens is 4. The number of aliphatic hydroxyl groups is 1. The molecule has 1 aliphatic rings. The Morgan fingerprint density at radius 3 is 2.52 bits per heavy atom. The number of carbonyl (C=O) groups excluding carboxylic acids is 1. The van der Waals surface area contributed by atoms with Gasteiger partial charge in [0.25, 0.3) is 11.6 Å². The van der Waals surface area contributed by atoms with Gasteiger partial charge in [0.15, 0.2) is 0 Å². The molecule has 1 amide bonds. The third kappa shape index (κ3) is 3.44. The van der Waals surface area contributed by atoms with Crippen LogP contribution in [0.4, 0.5) is 13.2 Å². The zero-order valence-electron chi connectivity index (χ0n) is 12.0. The summed E-state index contributed by atoms with van der Waals surface area (Å²) in [6, 6.07) is 5.29. The lowest BCUT2D eigenvalue weighted by Gasteiger charge is -2.33. The van der Waals surface area contributed by atoms with Crippen molar-refractivity contribution in [1.29, 1.82) is 0 Å². The Balaban J connectivity index is 2.32. The molecule has 0 radical (unpaired) electrons. The number of hydrogen-bond donors (Lipinski definition) is 2. The van der Waals surface area contributed by atoms with Gasteiger partial charge in [-0.2, -0.15) is 13.2 Å². The highest BCUT2D eigenvalue weighted by atomic mass is 35.5. The fourth-order valence-corrected chi connectivity index (χ4v) is 2.17. The minimum Gasteiger partial charge on any atom is -0.384 e. The number of hydrogen-bond acceptors (Lipinski definition) is 4. The normalized spacial score (nSPS) is 21.1. The van der Waals surface area contributed by atoms with Crippen LogP contribution >= 0.6 is 11.6 Å². The molecular weight excluding hydrogens is 337 g/mol. The lowest BCUT2D eigenvalue weighted by atomic mass is 10.1. The molecule has 1 aromatic rings. The van der Waals surface area contributed by atoms with E-state index in [4.69, 9.17) is 16.3 Å². The van der Waals surface area contributed by atoms with Gasteiger partial charge in [-0.3, -0.25) is 10.2 Å². The summed E-state index contributed by atoms with van der Waals surface area (Å²) in [6.45, 7) is 0.135. The first-order valence-corrected chi connectivity index (χ1v) is 6.93. The Labute approximate surface area is 135 Å². The SMILES string of the molecule is COCCC1=C[C@@](O)(C(F)(F)F)N(C(=O)c2ccc(Cl)cc2)N1. The van der Waals surface area contributed by atoms with E-state index < -0.39 is 17.8 Å². The summed E-state index contributed by atoms with van der Waals surface area (Å²) in [7, 11) is 1.39. The van der Waals surface area contributed by atoms with Crippen molar-refractivity contribution in [1.82, 2.24) is 10.4 Å². The number of nitrogens with zero attached hydrogens (tertiary/aromatic N) is 1. The van der Waals surface area contributed by atoms with E-state index in [9.17, 15) is 23.1 Å². The summed E-state index contributed by atoms with van der Waals surface area (Å²) >= 11 is 5.69. The second-order valence-electron chi connectivity index (χ2n) is 4.90. The van der Waals surface area contributed by atoms with Gasteiger partial charge < -0.3 is 9.84 Å². The number of alkyl halides is 3. The predicted octanol–water partition coefficient (Wildman–Crippen LogP) is 2.47. The van der Waals surface area contributed by atoms with Crippen LogP contribution < -0.4 is 5.43 Å². The topological polar surface area (TPSA) is 61.8 Å². The molecule has 1 heterocycles. The number of rotatable bonds is 4. The van der Waals surface area contributed by atoms with Gasteiger partial charge in [0.1, 0.15) is 0 Å². The Morgan fingerprint density at radius 1 is 1.39 bits per heavy atom. The first-order valence-electron chi connectivity index (χ1n) is 6.55. The number of benzene rings is 1. The van der Waals surface area contributed by atoms with E-state index in [0.717, 1.165) is 0 Å². The Hall–Kier alpha value is -1.77. The van der Waals surface area contributed by atoms with E-state index in [2.05, 4.69) is 5.43 Å². The number of ether oxygens (including phenoxy) is 1. The highest BCUT2D eigenvalue weighted by Gasteiger charge is 2.61. The highest BCUT2D eigenvalue weighted by molar-refractivity contribution is 6.30. The van der Waals surface area contributed by atoms with Crippen LogP contribution in [0.2, 0.25) is 5.02 Å². The molecule has 1 aliphatic heterocycles. The molecule has 0 saturated carbocycles. The number of carbonyl (C=O) groups is 1. The molecule has 0 unspecified atom stereocenters. The van der Waals surface area contributed by atoms with Crippen LogP contribution in [-0.4, -0.2) is 41.6 Å². The lowest BCUT2D eigenvalue weighted by molar-refractivity contribution is -0.283. The van der Waals surface area contributed by atoms with E-state index >= 15 is 0 Å². The average molecular weight is 351 g/mol. The largest absolute Gasteiger partial charge is 0.442 e. The maximum absolute atomic E-state index is 13.2. The van der Waals surface area contributed by atoms with Crippen molar-refractivity contribution in [3.05, 3.63) is 46.6 Å².